The summed E-state index contributed by atoms with van der Waals surface area (Å²) in [6, 6.07) is 7.55. The van der Waals surface area contributed by atoms with Gasteiger partial charge in [-0.05, 0) is 41.6 Å². The van der Waals surface area contributed by atoms with Crippen LogP contribution in [-0.4, -0.2) is 0 Å². The molecular formula is C11H15NO. The highest BCUT2D eigenvalue weighted by molar-refractivity contribution is 5.39. The summed E-state index contributed by atoms with van der Waals surface area (Å²) >= 11 is 0. The maximum Gasteiger partial charge on any atom is 0.108 e. The third kappa shape index (κ3) is 2.38. The minimum absolute atomic E-state index is 0.509. The second kappa shape index (κ2) is 4.75. The summed E-state index contributed by atoms with van der Waals surface area (Å²) in [5, 5.41) is 2.87. The van der Waals surface area contributed by atoms with Crippen molar-refractivity contribution in [3.63, 3.8) is 0 Å². The van der Waals surface area contributed by atoms with Crippen molar-refractivity contribution in [1.29, 1.82) is 0 Å². The summed E-state index contributed by atoms with van der Waals surface area (Å²) in [4.78, 5) is 10.2. The van der Waals surface area contributed by atoms with Gasteiger partial charge in [-0.3, -0.25) is 0 Å². The lowest BCUT2D eigenvalue weighted by Crippen LogP contribution is -1.93. The van der Waals surface area contributed by atoms with Crippen molar-refractivity contribution in [2.24, 2.45) is 5.18 Å². The molecule has 0 aromatic heterocycles. The summed E-state index contributed by atoms with van der Waals surface area (Å²) in [7, 11) is 0. The Bertz CT molecular complexity index is 262. The lowest BCUT2D eigenvalue weighted by molar-refractivity contribution is 0.642. The molecule has 0 N–H and O–H groups in total. The molecule has 0 aliphatic heterocycles. The fourth-order valence-electron chi connectivity index (χ4n) is 1.57. The third-order valence-electron chi connectivity index (χ3n) is 2.46. The van der Waals surface area contributed by atoms with Gasteiger partial charge in [0.2, 0.25) is 0 Å². The number of hydrogen-bond acceptors (Lipinski definition) is 2. The Balaban J connectivity index is 2.83. The van der Waals surface area contributed by atoms with E-state index in [9.17, 15) is 4.91 Å². The van der Waals surface area contributed by atoms with Crippen LogP contribution in [0.1, 0.15) is 38.2 Å². The van der Waals surface area contributed by atoms with Gasteiger partial charge in [0.15, 0.2) is 0 Å². The molecule has 0 aliphatic carbocycles. The molecule has 2 nitrogen and oxygen atoms in total. The maximum atomic E-state index is 10.2. The Labute approximate surface area is 79.0 Å². The van der Waals surface area contributed by atoms with E-state index in [1.54, 1.807) is 12.1 Å². The predicted molar refractivity (Wildman–Crippen MR) is 55.2 cm³/mol. The van der Waals surface area contributed by atoms with Gasteiger partial charge < -0.3 is 0 Å². The highest BCUT2D eigenvalue weighted by Crippen LogP contribution is 2.24. The number of rotatable bonds is 4. The smallest absolute Gasteiger partial charge is 0.108 e. The Morgan fingerprint density at radius 2 is 1.69 bits per heavy atom. The minimum Gasteiger partial charge on any atom is -0.145 e. The first-order valence-electron chi connectivity index (χ1n) is 4.75. The molecule has 0 saturated heterocycles. The lowest BCUT2D eigenvalue weighted by Gasteiger charge is -2.11. The van der Waals surface area contributed by atoms with E-state index in [0.29, 0.717) is 11.6 Å². The number of nitrogens with zero attached hydrogens (tertiary/aromatic N) is 1. The van der Waals surface area contributed by atoms with Crippen LogP contribution in [0, 0.1) is 4.91 Å². The van der Waals surface area contributed by atoms with E-state index in [2.05, 4.69) is 19.0 Å². The Morgan fingerprint density at radius 3 is 2.08 bits per heavy atom. The van der Waals surface area contributed by atoms with Crippen molar-refractivity contribution >= 4 is 5.69 Å². The summed E-state index contributed by atoms with van der Waals surface area (Å²) < 4.78 is 0. The topological polar surface area (TPSA) is 29.4 Å². The largest absolute Gasteiger partial charge is 0.145 e. The number of nitroso groups, excluding NO2 is 1. The summed E-state index contributed by atoms with van der Waals surface area (Å²) in [5.74, 6) is 0.612. The molecule has 0 bridgehead atoms. The van der Waals surface area contributed by atoms with Gasteiger partial charge in [0, 0.05) is 0 Å². The van der Waals surface area contributed by atoms with Crippen LogP contribution in [0.2, 0.25) is 0 Å². The second-order valence-corrected chi connectivity index (χ2v) is 3.20. The summed E-state index contributed by atoms with van der Waals surface area (Å²) in [6.07, 6.45) is 2.29. The van der Waals surface area contributed by atoms with Crippen molar-refractivity contribution in [3.8, 4) is 0 Å². The molecule has 0 fully saturated rings. The molecule has 1 rings (SSSR count). The SMILES string of the molecule is CCC(CC)c1ccc(N=O)cc1. The van der Waals surface area contributed by atoms with Crippen molar-refractivity contribution < 1.29 is 0 Å². The quantitative estimate of drug-likeness (QED) is 0.639. The second-order valence-electron chi connectivity index (χ2n) is 3.20. The third-order valence-corrected chi connectivity index (χ3v) is 2.46. The van der Waals surface area contributed by atoms with E-state index in [4.69, 9.17) is 0 Å². The summed E-state index contributed by atoms with van der Waals surface area (Å²) in [6.45, 7) is 4.36. The van der Waals surface area contributed by atoms with E-state index >= 15 is 0 Å². The number of benzene rings is 1. The average molecular weight is 177 g/mol. The first kappa shape index (κ1) is 9.90. The molecule has 0 radical (unpaired) electrons. The van der Waals surface area contributed by atoms with Gasteiger partial charge in [0.25, 0.3) is 0 Å². The molecule has 70 valence electrons. The molecule has 0 amide bonds. The Hall–Kier alpha value is -1.18. The molecule has 0 atom stereocenters. The van der Waals surface area contributed by atoms with Gasteiger partial charge in [-0.15, -0.1) is 4.91 Å². The van der Waals surface area contributed by atoms with Crippen LogP contribution >= 0.6 is 0 Å². The molecule has 2 heteroatoms. The molecule has 0 unspecified atom stereocenters. The van der Waals surface area contributed by atoms with Crippen LogP contribution in [0.3, 0.4) is 0 Å². The van der Waals surface area contributed by atoms with Gasteiger partial charge in [-0.25, -0.2) is 0 Å². The van der Waals surface area contributed by atoms with Gasteiger partial charge in [0.05, 0.1) is 0 Å². The average Bonchev–Trinajstić information content (AvgIpc) is 2.21. The first-order valence-corrected chi connectivity index (χ1v) is 4.75. The van der Waals surface area contributed by atoms with Crippen LogP contribution in [-0.2, 0) is 0 Å². The number of hydrogen-bond donors (Lipinski definition) is 0. The van der Waals surface area contributed by atoms with Gasteiger partial charge in [0.1, 0.15) is 5.69 Å². The fraction of sp³-hybridized carbons (Fsp3) is 0.455. The standard InChI is InChI=1S/C11H15NO/c1-3-9(4-2)10-5-7-11(12-13)8-6-10/h5-9H,3-4H2,1-2H3. The first-order chi connectivity index (χ1) is 6.31. The molecule has 0 aliphatic rings. The van der Waals surface area contributed by atoms with E-state index in [1.807, 2.05) is 12.1 Å². The fourth-order valence-corrected chi connectivity index (χ4v) is 1.57. The Kier molecular flexibility index (Phi) is 3.62. The van der Waals surface area contributed by atoms with Gasteiger partial charge in [-0.1, -0.05) is 26.0 Å². The van der Waals surface area contributed by atoms with Crippen LogP contribution < -0.4 is 0 Å². The zero-order chi connectivity index (χ0) is 9.68. The molecule has 13 heavy (non-hydrogen) atoms. The van der Waals surface area contributed by atoms with Crippen molar-refractivity contribution in [1.82, 2.24) is 0 Å². The van der Waals surface area contributed by atoms with Crippen LogP contribution in [0.25, 0.3) is 0 Å². The Morgan fingerprint density at radius 1 is 1.15 bits per heavy atom. The molecule has 0 heterocycles. The molecule has 0 saturated carbocycles. The van der Waals surface area contributed by atoms with Crippen molar-refractivity contribution in [2.75, 3.05) is 0 Å². The minimum atomic E-state index is 0.509. The highest BCUT2D eigenvalue weighted by atomic mass is 16.3. The monoisotopic (exact) mass is 177 g/mol. The zero-order valence-corrected chi connectivity index (χ0v) is 8.16. The van der Waals surface area contributed by atoms with Gasteiger partial charge in [-0.2, -0.15) is 0 Å². The zero-order valence-electron chi connectivity index (χ0n) is 8.16. The van der Waals surface area contributed by atoms with Crippen LogP contribution in [0.15, 0.2) is 29.4 Å². The molecule has 1 aromatic carbocycles. The maximum absolute atomic E-state index is 10.2. The van der Waals surface area contributed by atoms with Crippen LogP contribution in [0.5, 0.6) is 0 Å². The van der Waals surface area contributed by atoms with Crippen LogP contribution in [0.4, 0.5) is 5.69 Å². The highest BCUT2D eigenvalue weighted by Gasteiger charge is 2.05. The molecule has 1 aromatic rings. The lowest BCUT2D eigenvalue weighted by atomic mass is 9.94. The van der Waals surface area contributed by atoms with Crippen molar-refractivity contribution in [2.45, 2.75) is 32.6 Å². The summed E-state index contributed by atoms with van der Waals surface area (Å²) in [5.41, 5.74) is 1.81. The van der Waals surface area contributed by atoms with E-state index in [-0.39, 0.29) is 0 Å². The van der Waals surface area contributed by atoms with Crippen molar-refractivity contribution in [3.05, 3.63) is 34.7 Å². The molecular weight excluding hydrogens is 162 g/mol. The van der Waals surface area contributed by atoms with E-state index < -0.39 is 0 Å². The molecule has 0 spiro atoms. The van der Waals surface area contributed by atoms with E-state index in [1.165, 1.54) is 5.56 Å². The van der Waals surface area contributed by atoms with Gasteiger partial charge >= 0.3 is 0 Å². The normalized spacial score (nSPS) is 10.4. The predicted octanol–water partition coefficient (Wildman–Crippen LogP) is 3.99. The van der Waals surface area contributed by atoms with E-state index in [0.717, 1.165) is 12.8 Å².